The standard InChI is InChI=1S/C21H18ClFN2O4S2/c1-13(26)14-2-5-16(6-3-14)31(28,29)25-10-8-24(9-11-25)21(27)20-19(22)17-7-4-15(23)12-18(17)30-20/h2-7,12H,8-11H2,1H3. The van der Waals surface area contributed by atoms with Crippen molar-refractivity contribution in [2.24, 2.45) is 0 Å². The fourth-order valence-electron chi connectivity index (χ4n) is 3.46. The Labute approximate surface area is 187 Å². The minimum absolute atomic E-state index is 0.104. The number of benzene rings is 2. The zero-order valence-corrected chi connectivity index (χ0v) is 18.9. The molecule has 4 rings (SSSR count). The predicted octanol–water partition coefficient (Wildman–Crippen LogP) is 4.04. The van der Waals surface area contributed by atoms with E-state index in [-0.39, 0.29) is 47.8 Å². The van der Waals surface area contributed by atoms with Gasteiger partial charge in [-0.25, -0.2) is 12.8 Å². The number of carbonyl (C=O) groups excluding carboxylic acids is 2. The highest BCUT2D eigenvalue weighted by molar-refractivity contribution is 7.89. The van der Waals surface area contributed by atoms with Gasteiger partial charge in [0.2, 0.25) is 10.0 Å². The molecule has 162 valence electrons. The average molecular weight is 481 g/mol. The molecule has 1 aliphatic heterocycles. The molecular weight excluding hydrogens is 463 g/mol. The maximum atomic E-state index is 13.5. The number of amides is 1. The van der Waals surface area contributed by atoms with Gasteiger partial charge in [-0.2, -0.15) is 4.31 Å². The first kappa shape index (κ1) is 21.9. The number of piperazine rings is 1. The summed E-state index contributed by atoms with van der Waals surface area (Å²) >= 11 is 7.47. The summed E-state index contributed by atoms with van der Waals surface area (Å²) in [5, 5.41) is 0.900. The minimum Gasteiger partial charge on any atom is -0.335 e. The molecule has 2 heterocycles. The molecule has 2 aromatic carbocycles. The van der Waals surface area contributed by atoms with Crippen LogP contribution in [0.3, 0.4) is 0 Å². The summed E-state index contributed by atoms with van der Waals surface area (Å²) in [6.07, 6.45) is 0. The molecule has 10 heteroatoms. The lowest BCUT2D eigenvalue weighted by Crippen LogP contribution is -2.50. The summed E-state index contributed by atoms with van der Waals surface area (Å²) in [7, 11) is -3.73. The fraction of sp³-hybridized carbons (Fsp3) is 0.238. The quantitative estimate of drug-likeness (QED) is 0.528. The molecule has 1 saturated heterocycles. The number of sulfonamides is 1. The maximum absolute atomic E-state index is 13.5. The third kappa shape index (κ3) is 4.10. The smallest absolute Gasteiger partial charge is 0.265 e. The van der Waals surface area contributed by atoms with Crippen LogP contribution in [0.15, 0.2) is 47.4 Å². The van der Waals surface area contributed by atoms with Crippen molar-refractivity contribution in [3.05, 3.63) is 63.7 Å². The molecule has 0 N–H and O–H groups in total. The summed E-state index contributed by atoms with van der Waals surface area (Å²) in [6, 6.07) is 9.98. The number of carbonyl (C=O) groups is 2. The Morgan fingerprint density at radius 2 is 1.68 bits per heavy atom. The molecule has 1 aromatic heterocycles. The third-order valence-corrected chi connectivity index (χ3v) is 8.77. The first-order chi connectivity index (χ1) is 14.7. The van der Waals surface area contributed by atoms with Gasteiger partial charge in [-0.05, 0) is 37.3 Å². The first-order valence-corrected chi connectivity index (χ1v) is 12.1. The van der Waals surface area contributed by atoms with Crippen LogP contribution in [0, 0.1) is 5.82 Å². The molecule has 0 unspecified atom stereocenters. The number of halogens is 2. The average Bonchev–Trinajstić information content (AvgIpc) is 3.08. The molecule has 1 amide bonds. The molecule has 0 spiro atoms. The largest absolute Gasteiger partial charge is 0.335 e. The van der Waals surface area contributed by atoms with Crippen molar-refractivity contribution in [2.45, 2.75) is 11.8 Å². The van der Waals surface area contributed by atoms with E-state index in [0.29, 0.717) is 20.5 Å². The van der Waals surface area contributed by atoms with Crippen molar-refractivity contribution < 1.29 is 22.4 Å². The molecule has 0 radical (unpaired) electrons. The van der Waals surface area contributed by atoms with Crippen LogP contribution in [-0.4, -0.2) is 55.5 Å². The Bertz CT molecular complexity index is 1280. The van der Waals surface area contributed by atoms with Gasteiger partial charge in [0.05, 0.1) is 9.92 Å². The highest BCUT2D eigenvalue weighted by atomic mass is 35.5. The van der Waals surface area contributed by atoms with E-state index in [2.05, 4.69) is 0 Å². The van der Waals surface area contributed by atoms with Crippen LogP contribution >= 0.6 is 22.9 Å². The molecule has 0 saturated carbocycles. The summed E-state index contributed by atoms with van der Waals surface area (Å²) in [6.45, 7) is 2.11. The van der Waals surface area contributed by atoms with Gasteiger partial charge < -0.3 is 4.90 Å². The highest BCUT2D eigenvalue weighted by Crippen LogP contribution is 2.36. The summed E-state index contributed by atoms with van der Waals surface area (Å²) in [4.78, 5) is 26.3. The van der Waals surface area contributed by atoms with Gasteiger partial charge in [0.1, 0.15) is 10.7 Å². The lowest BCUT2D eigenvalue weighted by Gasteiger charge is -2.33. The predicted molar refractivity (Wildman–Crippen MR) is 118 cm³/mol. The molecule has 1 fully saturated rings. The van der Waals surface area contributed by atoms with E-state index in [1.54, 1.807) is 11.0 Å². The van der Waals surface area contributed by atoms with Gasteiger partial charge in [0, 0.05) is 41.8 Å². The van der Waals surface area contributed by atoms with Crippen LogP contribution in [0.4, 0.5) is 4.39 Å². The zero-order chi connectivity index (χ0) is 22.3. The van der Waals surface area contributed by atoms with Gasteiger partial charge in [0.25, 0.3) is 5.91 Å². The summed E-state index contributed by atoms with van der Waals surface area (Å²) < 4.78 is 41.2. The molecule has 6 nitrogen and oxygen atoms in total. The Balaban J connectivity index is 1.48. The van der Waals surface area contributed by atoms with Crippen LogP contribution in [-0.2, 0) is 10.0 Å². The van der Waals surface area contributed by atoms with Crippen molar-refractivity contribution in [3.8, 4) is 0 Å². The van der Waals surface area contributed by atoms with Gasteiger partial charge >= 0.3 is 0 Å². The van der Waals surface area contributed by atoms with E-state index in [4.69, 9.17) is 11.6 Å². The van der Waals surface area contributed by atoms with Crippen molar-refractivity contribution in [2.75, 3.05) is 26.2 Å². The van der Waals surface area contributed by atoms with Crippen molar-refractivity contribution in [1.29, 1.82) is 0 Å². The van der Waals surface area contributed by atoms with Crippen LogP contribution in [0.5, 0.6) is 0 Å². The molecule has 31 heavy (non-hydrogen) atoms. The molecule has 0 aliphatic carbocycles. The van der Waals surface area contributed by atoms with E-state index in [9.17, 15) is 22.4 Å². The number of nitrogens with zero attached hydrogens (tertiary/aromatic N) is 2. The lowest BCUT2D eigenvalue weighted by atomic mass is 10.2. The number of ketones is 1. The SMILES string of the molecule is CC(=O)c1ccc(S(=O)(=O)N2CCN(C(=O)c3sc4cc(F)ccc4c3Cl)CC2)cc1. The highest BCUT2D eigenvalue weighted by Gasteiger charge is 2.32. The number of fused-ring (bicyclic) bond motifs is 1. The molecular formula is C21H18ClFN2O4S2. The van der Waals surface area contributed by atoms with Crippen LogP contribution in [0.2, 0.25) is 5.02 Å². The maximum Gasteiger partial charge on any atom is 0.265 e. The van der Waals surface area contributed by atoms with Crippen molar-refractivity contribution in [1.82, 2.24) is 9.21 Å². The molecule has 0 atom stereocenters. The minimum atomic E-state index is -3.73. The number of thiophene rings is 1. The summed E-state index contributed by atoms with van der Waals surface area (Å²) in [5.74, 6) is -0.840. The van der Waals surface area contributed by atoms with E-state index in [1.165, 1.54) is 47.6 Å². The first-order valence-electron chi connectivity index (χ1n) is 9.46. The lowest BCUT2D eigenvalue weighted by molar-refractivity contribution is 0.0703. The zero-order valence-electron chi connectivity index (χ0n) is 16.5. The monoisotopic (exact) mass is 480 g/mol. The normalized spacial score (nSPS) is 15.4. The number of hydrogen-bond acceptors (Lipinski definition) is 5. The van der Waals surface area contributed by atoms with E-state index < -0.39 is 15.8 Å². The Kier molecular flexibility index (Phi) is 5.87. The van der Waals surface area contributed by atoms with Gasteiger partial charge in [-0.3, -0.25) is 9.59 Å². The number of rotatable bonds is 4. The molecule has 3 aromatic rings. The fourth-order valence-corrected chi connectivity index (χ4v) is 6.39. The second-order valence-electron chi connectivity index (χ2n) is 7.16. The molecule has 1 aliphatic rings. The van der Waals surface area contributed by atoms with Crippen molar-refractivity contribution >= 4 is 54.7 Å². The Morgan fingerprint density at radius 1 is 1.03 bits per heavy atom. The molecule has 0 bridgehead atoms. The van der Waals surface area contributed by atoms with Crippen LogP contribution < -0.4 is 0 Å². The van der Waals surface area contributed by atoms with E-state index >= 15 is 0 Å². The third-order valence-electron chi connectivity index (χ3n) is 5.21. The van der Waals surface area contributed by atoms with E-state index in [0.717, 1.165) is 11.3 Å². The van der Waals surface area contributed by atoms with E-state index in [1.807, 2.05) is 0 Å². The topological polar surface area (TPSA) is 74.8 Å². The van der Waals surface area contributed by atoms with Crippen LogP contribution in [0.25, 0.3) is 10.1 Å². The van der Waals surface area contributed by atoms with Crippen LogP contribution in [0.1, 0.15) is 27.0 Å². The number of Topliss-reactive ketones (excluding diaryl/α,β-unsaturated/α-hetero) is 1. The van der Waals surface area contributed by atoms with Gasteiger partial charge in [-0.1, -0.05) is 23.7 Å². The Hall–Kier alpha value is -2.33. The van der Waals surface area contributed by atoms with Gasteiger partial charge in [-0.15, -0.1) is 11.3 Å². The van der Waals surface area contributed by atoms with Crippen molar-refractivity contribution in [3.63, 3.8) is 0 Å². The van der Waals surface area contributed by atoms with Gasteiger partial charge in [0.15, 0.2) is 5.78 Å². The Morgan fingerprint density at radius 3 is 2.29 bits per heavy atom. The second-order valence-corrected chi connectivity index (χ2v) is 10.5. The number of hydrogen-bond donors (Lipinski definition) is 0. The summed E-state index contributed by atoms with van der Waals surface area (Å²) in [5.41, 5.74) is 0.439. The second kappa shape index (κ2) is 8.31.